The zero-order valence-electron chi connectivity index (χ0n) is 11.9. The molecule has 1 fully saturated rings. The van der Waals surface area contributed by atoms with E-state index in [4.69, 9.17) is 9.63 Å². The number of aliphatic hydroxyl groups excluding tert-OH is 1. The first kappa shape index (κ1) is 15.8. The van der Waals surface area contributed by atoms with E-state index in [-0.39, 0.29) is 24.6 Å². The van der Waals surface area contributed by atoms with Crippen LogP contribution in [0.15, 0.2) is 4.52 Å². The fourth-order valence-corrected chi connectivity index (χ4v) is 3.41. The molecule has 21 heavy (non-hydrogen) atoms. The highest BCUT2D eigenvalue weighted by molar-refractivity contribution is 7.99. The lowest BCUT2D eigenvalue weighted by molar-refractivity contribution is -0.147. The van der Waals surface area contributed by atoms with Gasteiger partial charge in [0.2, 0.25) is 5.91 Å². The Bertz CT molecular complexity index is 525. The third-order valence-corrected chi connectivity index (χ3v) is 4.48. The summed E-state index contributed by atoms with van der Waals surface area (Å²) >= 11 is 1.38. The van der Waals surface area contributed by atoms with Gasteiger partial charge in [-0.3, -0.25) is 4.79 Å². The Labute approximate surface area is 126 Å². The molecular formula is C13H18N2O5S. The number of β-amino-alcohol motifs (C(OH)–C–C–N with tert-alkyl or cyclic N) is 1. The summed E-state index contributed by atoms with van der Waals surface area (Å²) in [6, 6.07) is -0.924. The number of carboxylic acids is 1. The van der Waals surface area contributed by atoms with Gasteiger partial charge in [0.25, 0.3) is 0 Å². The number of likely N-dealkylation sites (tertiary alicyclic amines) is 1. The topological polar surface area (TPSA) is 104 Å². The molecule has 2 rings (SSSR count). The number of aliphatic hydroxyl groups is 1. The van der Waals surface area contributed by atoms with Crippen LogP contribution in [-0.4, -0.2) is 56.6 Å². The van der Waals surface area contributed by atoms with E-state index in [2.05, 4.69) is 5.16 Å². The second-order valence-corrected chi connectivity index (χ2v) is 6.07. The van der Waals surface area contributed by atoms with E-state index in [0.717, 1.165) is 17.0 Å². The summed E-state index contributed by atoms with van der Waals surface area (Å²) in [6.45, 7) is 3.74. The highest BCUT2D eigenvalue weighted by Crippen LogP contribution is 2.22. The van der Waals surface area contributed by atoms with Gasteiger partial charge >= 0.3 is 5.97 Å². The van der Waals surface area contributed by atoms with Gasteiger partial charge < -0.3 is 19.6 Å². The Morgan fingerprint density at radius 2 is 2.19 bits per heavy atom. The van der Waals surface area contributed by atoms with Crippen LogP contribution in [0.3, 0.4) is 0 Å². The van der Waals surface area contributed by atoms with E-state index in [1.54, 1.807) is 0 Å². The van der Waals surface area contributed by atoms with Gasteiger partial charge in [0.05, 0.1) is 17.6 Å². The molecule has 1 unspecified atom stereocenters. The van der Waals surface area contributed by atoms with Crippen molar-refractivity contribution < 1.29 is 24.3 Å². The summed E-state index contributed by atoms with van der Waals surface area (Å²) in [7, 11) is 0. The maximum atomic E-state index is 12.1. The van der Waals surface area contributed by atoms with Gasteiger partial charge in [0.15, 0.2) is 0 Å². The van der Waals surface area contributed by atoms with Crippen LogP contribution in [-0.2, 0) is 15.3 Å². The standard InChI is InChI=1S/C13H18N2O5S/c1-7-10(8(2)20-14-7)5-21-6-12(17)15-4-9(16)3-11(15)13(18)19/h9,11,16H,3-6H2,1-2H3,(H,18,19)/t9?,11-/m0/s1. The number of rotatable bonds is 5. The number of aromatic nitrogens is 1. The van der Waals surface area contributed by atoms with Gasteiger partial charge in [0, 0.05) is 24.3 Å². The van der Waals surface area contributed by atoms with Crippen LogP contribution in [0.2, 0.25) is 0 Å². The zero-order valence-corrected chi connectivity index (χ0v) is 12.7. The SMILES string of the molecule is Cc1noc(C)c1CSCC(=O)N1CC(O)C[C@H]1C(=O)O. The fourth-order valence-electron chi connectivity index (χ4n) is 2.35. The fraction of sp³-hybridized carbons (Fsp3) is 0.615. The van der Waals surface area contributed by atoms with E-state index in [1.165, 1.54) is 16.7 Å². The number of thioether (sulfide) groups is 1. The molecule has 116 valence electrons. The molecule has 0 aromatic carbocycles. The highest BCUT2D eigenvalue weighted by atomic mass is 32.2. The van der Waals surface area contributed by atoms with Crippen molar-refractivity contribution in [2.45, 2.75) is 38.2 Å². The van der Waals surface area contributed by atoms with Gasteiger partial charge in [-0.2, -0.15) is 0 Å². The van der Waals surface area contributed by atoms with Crippen molar-refractivity contribution in [3.05, 3.63) is 17.0 Å². The Hall–Kier alpha value is -1.54. The van der Waals surface area contributed by atoms with E-state index in [9.17, 15) is 14.7 Å². The summed E-state index contributed by atoms with van der Waals surface area (Å²) in [5, 5.41) is 22.4. The number of carboxylic acid groups (broad SMARTS) is 1. The van der Waals surface area contributed by atoms with Crippen LogP contribution in [0.5, 0.6) is 0 Å². The number of hydrogen-bond donors (Lipinski definition) is 2. The number of hydrogen-bond acceptors (Lipinski definition) is 6. The quantitative estimate of drug-likeness (QED) is 0.818. The predicted molar refractivity (Wildman–Crippen MR) is 75.9 cm³/mol. The molecule has 1 aliphatic rings. The number of aliphatic carboxylic acids is 1. The van der Waals surface area contributed by atoms with Crippen molar-refractivity contribution in [1.29, 1.82) is 0 Å². The largest absolute Gasteiger partial charge is 0.480 e. The first-order chi connectivity index (χ1) is 9.90. The summed E-state index contributed by atoms with van der Waals surface area (Å²) in [5.74, 6) is 0.139. The molecule has 0 radical (unpaired) electrons. The maximum Gasteiger partial charge on any atom is 0.326 e. The zero-order chi connectivity index (χ0) is 15.6. The first-order valence-electron chi connectivity index (χ1n) is 6.60. The van der Waals surface area contributed by atoms with Gasteiger partial charge in [-0.15, -0.1) is 11.8 Å². The Kier molecular flexibility index (Phi) is 4.89. The molecule has 2 heterocycles. The van der Waals surface area contributed by atoms with Gasteiger partial charge in [-0.05, 0) is 13.8 Å². The van der Waals surface area contributed by atoms with Crippen LogP contribution in [0.1, 0.15) is 23.4 Å². The number of nitrogens with zero attached hydrogens (tertiary/aromatic N) is 2. The van der Waals surface area contributed by atoms with E-state index in [1.807, 2.05) is 13.8 Å². The Balaban J connectivity index is 1.88. The van der Waals surface area contributed by atoms with Crippen LogP contribution < -0.4 is 0 Å². The minimum Gasteiger partial charge on any atom is -0.480 e. The molecule has 0 bridgehead atoms. The summed E-state index contributed by atoms with van der Waals surface area (Å²) in [4.78, 5) is 24.4. The normalized spacial score (nSPS) is 21.8. The number of carbonyl (C=O) groups is 2. The molecule has 1 aromatic rings. The number of aryl methyl sites for hydroxylation is 2. The van der Waals surface area contributed by atoms with E-state index < -0.39 is 18.1 Å². The molecule has 0 spiro atoms. The molecule has 0 aliphatic carbocycles. The lowest BCUT2D eigenvalue weighted by Crippen LogP contribution is -2.41. The van der Waals surface area contributed by atoms with Crippen molar-refractivity contribution in [2.24, 2.45) is 0 Å². The predicted octanol–water partition coefficient (Wildman–Crippen LogP) is 0.571. The van der Waals surface area contributed by atoms with Crippen molar-refractivity contribution in [1.82, 2.24) is 10.1 Å². The number of amides is 1. The highest BCUT2D eigenvalue weighted by Gasteiger charge is 2.38. The van der Waals surface area contributed by atoms with Crippen molar-refractivity contribution in [2.75, 3.05) is 12.3 Å². The molecule has 7 nitrogen and oxygen atoms in total. The third-order valence-electron chi connectivity index (χ3n) is 3.54. The molecule has 2 N–H and O–H groups in total. The second kappa shape index (κ2) is 6.48. The molecule has 1 saturated heterocycles. The molecule has 1 aromatic heterocycles. The monoisotopic (exact) mass is 314 g/mol. The van der Waals surface area contributed by atoms with E-state index in [0.29, 0.717) is 5.75 Å². The second-order valence-electron chi connectivity index (χ2n) is 5.09. The molecule has 8 heteroatoms. The van der Waals surface area contributed by atoms with Crippen molar-refractivity contribution in [3.8, 4) is 0 Å². The molecule has 2 atom stereocenters. The summed E-state index contributed by atoms with van der Waals surface area (Å²) in [6.07, 6.45) is -0.669. The molecule has 1 amide bonds. The van der Waals surface area contributed by atoms with Gasteiger partial charge in [0.1, 0.15) is 11.8 Å². The van der Waals surface area contributed by atoms with Crippen LogP contribution in [0, 0.1) is 13.8 Å². The smallest absolute Gasteiger partial charge is 0.326 e. The minimum atomic E-state index is -1.07. The minimum absolute atomic E-state index is 0.0850. The van der Waals surface area contributed by atoms with E-state index >= 15 is 0 Å². The number of carbonyl (C=O) groups excluding carboxylic acids is 1. The lowest BCUT2D eigenvalue weighted by atomic mass is 10.2. The Morgan fingerprint density at radius 3 is 2.76 bits per heavy atom. The van der Waals surface area contributed by atoms with Gasteiger partial charge in [-0.1, -0.05) is 5.16 Å². The molecule has 1 aliphatic heterocycles. The van der Waals surface area contributed by atoms with Crippen LogP contribution >= 0.6 is 11.8 Å². The summed E-state index contributed by atoms with van der Waals surface area (Å²) < 4.78 is 5.05. The molecule has 0 saturated carbocycles. The Morgan fingerprint density at radius 1 is 1.48 bits per heavy atom. The van der Waals surface area contributed by atoms with Crippen LogP contribution in [0.25, 0.3) is 0 Å². The maximum absolute atomic E-state index is 12.1. The van der Waals surface area contributed by atoms with Crippen molar-refractivity contribution >= 4 is 23.6 Å². The third kappa shape index (κ3) is 3.56. The summed E-state index contributed by atoms with van der Waals surface area (Å²) in [5.41, 5.74) is 1.76. The van der Waals surface area contributed by atoms with Gasteiger partial charge in [-0.25, -0.2) is 4.79 Å². The van der Waals surface area contributed by atoms with Crippen LogP contribution in [0.4, 0.5) is 0 Å². The average Bonchev–Trinajstić information content (AvgIpc) is 2.95. The van der Waals surface area contributed by atoms with Crippen molar-refractivity contribution in [3.63, 3.8) is 0 Å². The first-order valence-corrected chi connectivity index (χ1v) is 7.75. The average molecular weight is 314 g/mol. The lowest BCUT2D eigenvalue weighted by Gasteiger charge is -2.20. The molecular weight excluding hydrogens is 296 g/mol.